The third-order valence-electron chi connectivity index (χ3n) is 8.23. The molecule has 2 heterocycles. The van der Waals surface area contributed by atoms with E-state index in [1.807, 2.05) is 0 Å². The van der Waals surface area contributed by atoms with Gasteiger partial charge in [-0.1, -0.05) is 6.07 Å². The third kappa shape index (κ3) is 9.83. The van der Waals surface area contributed by atoms with Gasteiger partial charge in [0.1, 0.15) is 0 Å². The average molecular weight is 709 g/mol. The highest BCUT2D eigenvalue weighted by molar-refractivity contribution is 5.95. The van der Waals surface area contributed by atoms with Crippen molar-refractivity contribution in [1.29, 1.82) is 0 Å². The summed E-state index contributed by atoms with van der Waals surface area (Å²) in [5.74, 6) is -1.56. The van der Waals surface area contributed by atoms with E-state index >= 15 is 0 Å². The van der Waals surface area contributed by atoms with E-state index in [-0.39, 0.29) is 61.7 Å². The van der Waals surface area contributed by atoms with E-state index in [2.05, 4.69) is 9.80 Å². The number of amides is 1. The number of hydrogen-bond donors (Lipinski definition) is 0. The summed E-state index contributed by atoms with van der Waals surface area (Å²) >= 11 is 0. The van der Waals surface area contributed by atoms with Crippen LogP contribution in [-0.2, 0) is 28.2 Å². The molecule has 2 aromatic rings. The molecule has 260 valence electrons. The molecule has 46 heavy (non-hydrogen) atoms. The number of likely N-dealkylation sites (tertiary alicyclic amines) is 1. The fraction of sp³-hybridized carbons (Fsp3) is 0.567. The first-order chi connectivity index (χ1) is 20.7. The molecule has 2 fully saturated rings. The van der Waals surface area contributed by atoms with Crippen LogP contribution in [0.15, 0.2) is 36.4 Å². The quantitative estimate of drug-likeness (QED) is 0.291. The molecule has 2 aromatic carbocycles. The summed E-state index contributed by atoms with van der Waals surface area (Å²) in [6.07, 6.45) is -9.11. The van der Waals surface area contributed by atoms with E-state index < -0.39 is 46.8 Å². The average Bonchev–Trinajstić information content (AvgIpc) is 3.37. The van der Waals surface area contributed by atoms with Crippen molar-refractivity contribution in [2.24, 2.45) is 0 Å². The summed E-state index contributed by atoms with van der Waals surface area (Å²) in [5.41, 5.74) is -3.22. The number of methoxy groups -OCH3 is 3. The molecule has 1 amide bonds. The zero-order chi connectivity index (χ0) is 32.2. The minimum Gasteiger partial charge on any atom is -0.494 e. The van der Waals surface area contributed by atoms with Crippen LogP contribution in [0.5, 0.6) is 5.75 Å². The van der Waals surface area contributed by atoms with Gasteiger partial charge in [0.2, 0.25) is 0 Å². The number of hydrogen-bond acceptors (Lipinski definition) is 6. The molecule has 2 aliphatic rings. The lowest BCUT2D eigenvalue weighted by molar-refractivity contribution is -0.143. The number of nitrogens with zero attached hydrogens (tertiary/aromatic N) is 3. The van der Waals surface area contributed by atoms with Gasteiger partial charge in [-0.15, -0.1) is 24.8 Å². The smallest absolute Gasteiger partial charge is 0.416 e. The molecule has 0 radical (unpaired) electrons. The Kier molecular flexibility index (Phi) is 14.4. The van der Waals surface area contributed by atoms with Crippen molar-refractivity contribution in [1.82, 2.24) is 14.7 Å². The van der Waals surface area contributed by atoms with Crippen molar-refractivity contribution >= 4 is 30.7 Å². The molecule has 0 spiro atoms. The van der Waals surface area contributed by atoms with E-state index in [9.17, 15) is 35.5 Å². The molecular formula is C30H38Cl2F7N3O4. The summed E-state index contributed by atoms with van der Waals surface area (Å²) < 4.78 is 111. The number of benzene rings is 2. The van der Waals surface area contributed by atoms with E-state index in [4.69, 9.17) is 14.2 Å². The van der Waals surface area contributed by atoms with Gasteiger partial charge in [-0.25, -0.2) is 4.39 Å². The molecule has 0 saturated carbocycles. The molecule has 0 N–H and O–H groups in total. The third-order valence-corrected chi connectivity index (χ3v) is 8.23. The number of alkyl halides is 6. The van der Waals surface area contributed by atoms with Crippen LogP contribution in [-0.4, -0.2) is 106 Å². The first-order valence-electron chi connectivity index (χ1n) is 14.1. The van der Waals surface area contributed by atoms with Crippen LogP contribution in [0, 0.1) is 5.82 Å². The molecule has 16 heteroatoms. The number of carbonyl (C=O) groups is 1. The Bertz CT molecular complexity index is 1270. The molecular weight excluding hydrogens is 670 g/mol. The Morgan fingerprint density at radius 1 is 0.870 bits per heavy atom. The molecule has 0 bridgehead atoms. The van der Waals surface area contributed by atoms with Crippen molar-refractivity contribution in [2.45, 2.75) is 43.4 Å². The lowest BCUT2D eigenvalue weighted by atomic mass is 9.99. The fourth-order valence-electron chi connectivity index (χ4n) is 5.93. The summed E-state index contributed by atoms with van der Waals surface area (Å²) in [5, 5.41) is 0. The van der Waals surface area contributed by atoms with Gasteiger partial charge >= 0.3 is 12.4 Å². The Morgan fingerprint density at radius 2 is 1.52 bits per heavy atom. The Morgan fingerprint density at radius 3 is 2.09 bits per heavy atom. The van der Waals surface area contributed by atoms with Crippen LogP contribution in [0.4, 0.5) is 30.7 Å². The van der Waals surface area contributed by atoms with Gasteiger partial charge in [0, 0.05) is 71.1 Å². The minimum atomic E-state index is -5.09. The number of carbonyl (C=O) groups excluding carboxylic acids is 1. The predicted molar refractivity (Wildman–Crippen MR) is 162 cm³/mol. The highest BCUT2D eigenvalue weighted by Crippen LogP contribution is 2.37. The molecule has 0 aromatic heterocycles. The number of halogens is 9. The van der Waals surface area contributed by atoms with E-state index in [1.54, 1.807) is 14.2 Å². The SMILES string of the molecule is COC[C@@H]1C[C@@H](OC)CN1CCN1CCN(C(=O)c2cc(C(F)(F)F)cc(C(F)(F)F)c2)[C@H](Cc2ccc(F)c(OC)c2)C1.Cl.Cl. The zero-order valence-electron chi connectivity index (χ0n) is 25.5. The van der Waals surface area contributed by atoms with Crippen LogP contribution >= 0.6 is 24.8 Å². The zero-order valence-corrected chi connectivity index (χ0v) is 27.1. The molecule has 2 aliphatic heterocycles. The lowest BCUT2D eigenvalue weighted by Gasteiger charge is -2.42. The Labute approximate surface area is 275 Å². The predicted octanol–water partition coefficient (Wildman–Crippen LogP) is 5.82. The van der Waals surface area contributed by atoms with Crippen LogP contribution < -0.4 is 4.74 Å². The Balaban J connectivity index is 0.00000368. The maximum Gasteiger partial charge on any atom is 0.416 e. The van der Waals surface area contributed by atoms with Gasteiger partial charge in [0.05, 0.1) is 30.9 Å². The molecule has 0 unspecified atom stereocenters. The van der Waals surface area contributed by atoms with Crippen LogP contribution in [0.2, 0.25) is 0 Å². The van der Waals surface area contributed by atoms with Gasteiger partial charge in [-0.2, -0.15) is 26.3 Å². The summed E-state index contributed by atoms with van der Waals surface area (Å²) in [7, 11) is 4.59. The fourth-order valence-corrected chi connectivity index (χ4v) is 5.93. The second-order valence-electron chi connectivity index (χ2n) is 11.1. The highest BCUT2D eigenvalue weighted by Gasteiger charge is 2.39. The first-order valence-corrected chi connectivity index (χ1v) is 14.1. The van der Waals surface area contributed by atoms with Gasteiger partial charge in [0.25, 0.3) is 5.91 Å². The standard InChI is InChI=1S/C30H36F7N3O4.2ClH/c1-42-18-24-15-25(43-2)17-39(24)8-6-38-7-9-40(23(16-38)10-19-4-5-26(31)27(11-19)44-3)28(41)20-12-21(29(32,33)34)14-22(13-20)30(35,36)37;;/h4-5,11-14,23-25H,6-10,15-18H2,1-3H3;2*1H/t23-,24+,25-;;/m1../s1. The molecule has 2 saturated heterocycles. The lowest BCUT2D eigenvalue weighted by Crippen LogP contribution is -2.57. The van der Waals surface area contributed by atoms with E-state index in [0.29, 0.717) is 50.5 Å². The van der Waals surface area contributed by atoms with Crippen molar-refractivity contribution in [3.05, 3.63) is 64.5 Å². The van der Waals surface area contributed by atoms with E-state index in [0.717, 1.165) is 13.0 Å². The van der Waals surface area contributed by atoms with Crippen molar-refractivity contribution in [3.63, 3.8) is 0 Å². The maximum absolute atomic E-state index is 14.1. The first kappa shape index (κ1) is 39.8. The summed E-state index contributed by atoms with van der Waals surface area (Å²) in [4.78, 5) is 19.3. The number of ether oxygens (including phenoxy) is 3. The van der Waals surface area contributed by atoms with Gasteiger partial charge in [0.15, 0.2) is 11.6 Å². The second-order valence-corrected chi connectivity index (χ2v) is 11.1. The maximum atomic E-state index is 14.1. The normalized spacial score (nSPS) is 21.1. The van der Waals surface area contributed by atoms with Gasteiger partial charge in [-0.05, 0) is 48.7 Å². The summed E-state index contributed by atoms with van der Waals surface area (Å²) in [6, 6.07) is 4.63. The van der Waals surface area contributed by atoms with Gasteiger partial charge in [-0.3, -0.25) is 14.6 Å². The molecule has 3 atom stereocenters. The topological polar surface area (TPSA) is 54.5 Å². The highest BCUT2D eigenvalue weighted by atomic mass is 35.5. The summed E-state index contributed by atoms with van der Waals surface area (Å²) in [6.45, 7) is 3.25. The monoisotopic (exact) mass is 707 g/mol. The molecule has 4 rings (SSSR count). The van der Waals surface area contributed by atoms with Crippen LogP contribution in [0.1, 0.15) is 33.5 Å². The molecule has 7 nitrogen and oxygen atoms in total. The Hall–Kier alpha value is -2.36. The van der Waals surface area contributed by atoms with Crippen LogP contribution in [0.3, 0.4) is 0 Å². The van der Waals surface area contributed by atoms with Gasteiger partial charge < -0.3 is 19.1 Å². The number of rotatable bonds is 10. The van der Waals surface area contributed by atoms with E-state index in [1.165, 1.54) is 30.2 Å². The second kappa shape index (κ2) is 16.6. The minimum absolute atomic E-state index is 0. The number of piperazine rings is 1. The molecule has 0 aliphatic carbocycles. The largest absolute Gasteiger partial charge is 0.494 e. The van der Waals surface area contributed by atoms with Crippen LogP contribution in [0.25, 0.3) is 0 Å². The van der Waals surface area contributed by atoms with Crippen molar-refractivity contribution in [2.75, 3.05) is 67.2 Å². The van der Waals surface area contributed by atoms with Crippen molar-refractivity contribution in [3.8, 4) is 5.75 Å². The van der Waals surface area contributed by atoms with Crippen molar-refractivity contribution < 1.29 is 49.7 Å².